The van der Waals surface area contributed by atoms with Crippen LogP contribution in [0.25, 0.3) is 0 Å². The lowest BCUT2D eigenvalue weighted by Gasteiger charge is -2.38. The number of anilines is 1. The van der Waals surface area contributed by atoms with Crippen molar-refractivity contribution < 1.29 is 9.53 Å². The minimum absolute atomic E-state index is 0.0632. The topological polar surface area (TPSA) is 44.8 Å². The maximum atomic E-state index is 12.1. The molecule has 1 fully saturated rings. The van der Waals surface area contributed by atoms with E-state index in [0.29, 0.717) is 13.2 Å². The Bertz CT molecular complexity index is 490. The van der Waals surface area contributed by atoms with Gasteiger partial charge in [0.05, 0.1) is 12.6 Å². The lowest BCUT2D eigenvalue weighted by Crippen LogP contribution is -2.54. The zero-order valence-electron chi connectivity index (χ0n) is 13.2. The van der Waals surface area contributed by atoms with Crippen LogP contribution in [-0.2, 0) is 9.53 Å². The predicted octanol–water partition coefficient (Wildman–Crippen LogP) is 1.61. The van der Waals surface area contributed by atoms with E-state index in [-0.39, 0.29) is 11.9 Å². The Morgan fingerprint density at radius 3 is 2.73 bits per heavy atom. The quantitative estimate of drug-likeness (QED) is 0.807. The molecular weight excluding hydrogens is 302 g/mol. The number of hydrogen-bond donors (Lipinski definition) is 1. The number of nitrogens with zero attached hydrogens (tertiary/aromatic N) is 2. The largest absolute Gasteiger partial charge is 0.383 e. The first-order chi connectivity index (χ1) is 10.6. The number of rotatable bonds is 6. The minimum Gasteiger partial charge on any atom is -0.383 e. The van der Waals surface area contributed by atoms with Crippen LogP contribution in [0.2, 0.25) is 5.02 Å². The Morgan fingerprint density at radius 1 is 1.36 bits per heavy atom. The molecule has 0 spiro atoms. The average molecular weight is 326 g/mol. The maximum Gasteiger partial charge on any atom is 0.237 e. The lowest BCUT2D eigenvalue weighted by molar-refractivity contribution is -0.126. The number of methoxy groups -OCH3 is 1. The molecule has 1 amide bonds. The van der Waals surface area contributed by atoms with Gasteiger partial charge in [-0.15, -0.1) is 0 Å². The lowest BCUT2D eigenvalue weighted by atomic mass is 10.2. The third-order valence-corrected chi connectivity index (χ3v) is 4.26. The summed E-state index contributed by atoms with van der Waals surface area (Å²) in [6.45, 7) is 6.59. The molecule has 22 heavy (non-hydrogen) atoms. The van der Waals surface area contributed by atoms with Gasteiger partial charge >= 0.3 is 0 Å². The first-order valence-electron chi connectivity index (χ1n) is 7.63. The molecule has 2 rings (SSSR count). The highest BCUT2D eigenvalue weighted by atomic mass is 35.5. The Hall–Kier alpha value is -1.30. The summed E-state index contributed by atoms with van der Waals surface area (Å²) >= 11 is 6.04. The average Bonchev–Trinajstić information content (AvgIpc) is 2.54. The Labute approximate surface area is 137 Å². The van der Waals surface area contributed by atoms with Crippen molar-refractivity contribution >= 4 is 23.2 Å². The van der Waals surface area contributed by atoms with Gasteiger partial charge in [0.25, 0.3) is 0 Å². The second-order valence-corrected chi connectivity index (χ2v) is 5.90. The van der Waals surface area contributed by atoms with Gasteiger partial charge in [-0.1, -0.05) is 17.7 Å². The summed E-state index contributed by atoms with van der Waals surface area (Å²) in [6.07, 6.45) is 0. The first kappa shape index (κ1) is 17.1. The third kappa shape index (κ3) is 4.60. The highest BCUT2D eigenvalue weighted by Crippen LogP contribution is 2.21. The van der Waals surface area contributed by atoms with Gasteiger partial charge in [0.1, 0.15) is 0 Å². The fourth-order valence-corrected chi connectivity index (χ4v) is 2.81. The van der Waals surface area contributed by atoms with E-state index in [1.165, 1.54) is 0 Å². The van der Waals surface area contributed by atoms with Gasteiger partial charge < -0.3 is 15.0 Å². The molecule has 6 heteroatoms. The molecule has 1 atom stereocenters. The molecule has 1 N–H and O–H groups in total. The molecule has 0 saturated carbocycles. The second kappa shape index (κ2) is 8.36. The summed E-state index contributed by atoms with van der Waals surface area (Å²) in [7, 11) is 1.63. The SMILES string of the molecule is COCCNC(=O)[C@H](C)N1CCN(c2cccc(Cl)c2)CC1. The maximum absolute atomic E-state index is 12.1. The van der Waals surface area contributed by atoms with Gasteiger partial charge in [-0.2, -0.15) is 0 Å². The molecule has 1 aromatic rings. The van der Waals surface area contributed by atoms with Crippen molar-refractivity contribution in [1.29, 1.82) is 0 Å². The van der Waals surface area contributed by atoms with Crippen molar-refractivity contribution in [2.45, 2.75) is 13.0 Å². The number of hydrogen-bond acceptors (Lipinski definition) is 4. The van der Waals surface area contributed by atoms with Crippen LogP contribution in [-0.4, -0.2) is 63.3 Å². The van der Waals surface area contributed by atoms with E-state index in [9.17, 15) is 4.79 Å². The fraction of sp³-hybridized carbons (Fsp3) is 0.562. The van der Waals surface area contributed by atoms with E-state index in [1.54, 1.807) is 7.11 Å². The molecule has 1 aliphatic rings. The number of nitrogens with one attached hydrogen (secondary N) is 1. The summed E-state index contributed by atoms with van der Waals surface area (Å²) < 4.78 is 4.94. The molecule has 1 saturated heterocycles. The van der Waals surface area contributed by atoms with Crippen LogP contribution >= 0.6 is 11.6 Å². The number of halogens is 1. The van der Waals surface area contributed by atoms with E-state index in [4.69, 9.17) is 16.3 Å². The van der Waals surface area contributed by atoms with E-state index in [2.05, 4.69) is 21.2 Å². The highest BCUT2D eigenvalue weighted by Gasteiger charge is 2.25. The fourth-order valence-electron chi connectivity index (χ4n) is 2.63. The first-order valence-corrected chi connectivity index (χ1v) is 8.01. The smallest absolute Gasteiger partial charge is 0.237 e. The van der Waals surface area contributed by atoms with E-state index in [1.807, 2.05) is 25.1 Å². The van der Waals surface area contributed by atoms with Crippen molar-refractivity contribution in [1.82, 2.24) is 10.2 Å². The Balaban J connectivity index is 1.82. The van der Waals surface area contributed by atoms with Crippen LogP contribution in [0.15, 0.2) is 24.3 Å². The second-order valence-electron chi connectivity index (χ2n) is 5.46. The van der Waals surface area contributed by atoms with Gasteiger partial charge in [0.2, 0.25) is 5.91 Å². The normalized spacial score (nSPS) is 17.3. The van der Waals surface area contributed by atoms with Crippen LogP contribution in [0.1, 0.15) is 6.92 Å². The molecule has 0 unspecified atom stereocenters. The molecule has 1 aromatic carbocycles. The molecule has 5 nitrogen and oxygen atoms in total. The molecule has 0 aromatic heterocycles. The molecule has 122 valence electrons. The Morgan fingerprint density at radius 2 is 2.09 bits per heavy atom. The van der Waals surface area contributed by atoms with Crippen LogP contribution in [0.3, 0.4) is 0 Å². The van der Waals surface area contributed by atoms with Crippen molar-refractivity contribution in [3.05, 3.63) is 29.3 Å². The predicted molar refractivity (Wildman–Crippen MR) is 89.6 cm³/mol. The van der Waals surface area contributed by atoms with Crippen molar-refractivity contribution in [3.63, 3.8) is 0 Å². The van der Waals surface area contributed by atoms with Crippen LogP contribution in [0, 0.1) is 0 Å². The standard InChI is InChI=1S/C16H24ClN3O2/c1-13(16(21)18-6-11-22-2)19-7-9-20(10-8-19)15-5-3-4-14(17)12-15/h3-5,12-13H,6-11H2,1-2H3,(H,18,21)/t13-/m0/s1. The minimum atomic E-state index is -0.113. The summed E-state index contributed by atoms with van der Waals surface area (Å²) in [5, 5.41) is 3.65. The van der Waals surface area contributed by atoms with Gasteiger partial charge in [0, 0.05) is 50.5 Å². The van der Waals surface area contributed by atoms with Gasteiger partial charge in [-0.3, -0.25) is 9.69 Å². The zero-order chi connectivity index (χ0) is 15.9. The molecule has 1 aliphatic heterocycles. The van der Waals surface area contributed by atoms with Gasteiger partial charge in [-0.05, 0) is 25.1 Å². The molecule has 0 radical (unpaired) electrons. The summed E-state index contributed by atoms with van der Waals surface area (Å²) in [5.74, 6) is 0.0632. The van der Waals surface area contributed by atoms with Gasteiger partial charge in [0.15, 0.2) is 0 Å². The van der Waals surface area contributed by atoms with Crippen molar-refractivity contribution in [3.8, 4) is 0 Å². The monoisotopic (exact) mass is 325 g/mol. The van der Waals surface area contributed by atoms with E-state index in [0.717, 1.165) is 36.9 Å². The third-order valence-electron chi connectivity index (χ3n) is 4.02. The zero-order valence-corrected chi connectivity index (χ0v) is 14.0. The van der Waals surface area contributed by atoms with E-state index < -0.39 is 0 Å². The number of piperazine rings is 1. The van der Waals surface area contributed by atoms with Gasteiger partial charge in [-0.25, -0.2) is 0 Å². The molecule has 0 aliphatic carbocycles. The summed E-state index contributed by atoms with van der Waals surface area (Å²) in [4.78, 5) is 16.6. The molecule has 1 heterocycles. The van der Waals surface area contributed by atoms with Crippen molar-refractivity contribution in [2.24, 2.45) is 0 Å². The van der Waals surface area contributed by atoms with Crippen molar-refractivity contribution in [2.75, 3.05) is 51.3 Å². The number of carbonyl (C=O) groups excluding carboxylic acids is 1. The highest BCUT2D eigenvalue weighted by molar-refractivity contribution is 6.30. The number of ether oxygens (including phenoxy) is 1. The van der Waals surface area contributed by atoms with Crippen LogP contribution in [0.4, 0.5) is 5.69 Å². The number of amides is 1. The molecule has 0 bridgehead atoms. The van der Waals surface area contributed by atoms with Crippen LogP contribution in [0.5, 0.6) is 0 Å². The number of carbonyl (C=O) groups is 1. The van der Waals surface area contributed by atoms with Crippen LogP contribution < -0.4 is 10.2 Å². The molecular formula is C16H24ClN3O2. The van der Waals surface area contributed by atoms with E-state index >= 15 is 0 Å². The Kier molecular flexibility index (Phi) is 6.49. The number of benzene rings is 1. The summed E-state index contributed by atoms with van der Waals surface area (Å²) in [5.41, 5.74) is 1.14. The summed E-state index contributed by atoms with van der Waals surface area (Å²) in [6, 6.07) is 7.79.